The number of hydrogen-bond acceptors (Lipinski definition) is 5. The number of fused-ring (bicyclic) bond motifs is 4. The molecule has 1 heterocycles. The molecule has 0 amide bonds. The summed E-state index contributed by atoms with van der Waals surface area (Å²) >= 11 is 0. The van der Waals surface area contributed by atoms with Crippen molar-refractivity contribution in [3.8, 4) is 0 Å². The van der Waals surface area contributed by atoms with E-state index in [4.69, 9.17) is 15.0 Å². The van der Waals surface area contributed by atoms with Crippen molar-refractivity contribution in [1.82, 2.24) is 9.97 Å². The fourth-order valence-corrected chi connectivity index (χ4v) is 8.56. The molecule has 0 fully saturated rings. The Balaban J connectivity index is 1.38. The second-order valence-electron chi connectivity index (χ2n) is 15.5. The van der Waals surface area contributed by atoms with Gasteiger partial charge in [-0.3, -0.25) is 15.0 Å². The maximum atomic E-state index is 5.42. The summed E-state index contributed by atoms with van der Waals surface area (Å²) in [5, 5.41) is 4.67. The van der Waals surface area contributed by atoms with Crippen LogP contribution in [0.2, 0.25) is 0 Å². The van der Waals surface area contributed by atoms with Crippen molar-refractivity contribution in [3.63, 3.8) is 0 Å². The summed E-state index contributed by atoms with van der Waals surface area (Å²) in [7, 11) is 0. The number of anilines is 6. The van der Waals surface area contributed by atoms with Crippen LogP contribution in [-0.2, 0) is 6.42 Å². The lowest BCUT2D eigenvalue weighted by Crippen LogP contribution is -2.17. The Bertz CT molecular complexity index is 2980. The molecule has 61 heavy (non-hydrogen) atoms. The van der Waals surface area contributed by atoms with Gasteiger partial charge in [-0.05, 0) is 132 Å². The van der Waals surface area contributed by atoms with Gasteiger partial charge in [0.15, 0.2) is 0 Å². The number of benzene rings is 7. The largest absolute Gasteiger partial charge is 0.308 e. The quantitative estimate of drug-likeness (QED) is 0.116. The van der Waals surface area contributed by atoms with Gasteiger partial charge in [0.05, 0.1) is 11.4 Å². The summed E-state index contributed by atoms with van der Waals surface area (Å²) in [6, 6.07) is 43.8. The molecule has 0 saturated heterocycles. The molecule has 7 aromatic carbocycles. The zero-order valence-electron chi connectivity index (χ0n) is 35.1. The molecule has 0 saturated carbocycles. The van der Waals surface area contributed by atoms with Crippen molar-refractivity contribution in [1.29, 1.82) is 0 Å². The molecule has 1 aromatic heterocycles. The van der Waals surface area contributed by atoms with E-state index in [9.17, 15) is 0 Å². The van der Waals surface area contributed by atoms with Crippen LogP contribution in [-0.4, -0.2) is 16.2 Å². The molecular weight excluding hydrogens is 743 g/mol. The van der Waals surface area contributed by atoms with Crippen LogP contribution >= 0.6 is 0 Å². The highest BCUT2D eigenvalue weighted by molar-refractivity contribution is 6.11. The lowest BCUT2D eigenvalue weighted by molar-refractivity contribution is 0.960. The van der Waals surface area contributed by atoms with Gasteiger partial charge in [-0.2, -0.15) is 0 Å². The third-order valence-electron chi connectivity index (χ3n) is 11.5. The third-order valence-corrected chi connectivity index (χ3v) is 11.5. The van der Waals surface area contributed by atoms with Crippen molar-refractivity contribution in [2.24, 2.45) is 4.99 Å². The van der Waals surface area contributed by atoms with Crippen LogP contribution in [0.3, 0.4) is 0 Å². The summed E-state index contributed by atoms with van der Waals surface area (Å²) in [4.78, 5) is 20.6. The molecule has 0 radical (unpaired) electrons. The minimum absolute atomic E-state index is 0.745. The number of unbranched alkanes of at least 4 members (excludes halogenated alkanes) is 1. The molecule has 1 aliphatic rings. The van der Waals surface area contributed by atoms with E-state index in [1.54, 1.807) is 6.20 Å². The van der Waals surface area contributed by atoms with Crippen LogP contribution in [0.1, 0.15) is 60.9 Å². The zero-order chi connectivity index (χ0) is 41.7. The monoisotopic (exact) mass is 791 g/mol. The van der Waals surface area contributed by atoms with E-state index in [0.717, 1.165) is 104 Å². The first kappa shape index (κ1) is 39.1. The molecule has 0 bridgehead atoms. The van der Waals surface area contributed by atoms with Crippen LogP contribution < -0.4 is 9.80 Å². The summed E-state index contributed by atoms with van der Waals surface area (Å²) in [5.41, 5.74) is 13.8. The standard InChI is InChI=1S/C56H49N5/c1-5-8-9-16-32-57-52-39(4)55(60(49-29-25-42-18-10-13-21-45(42)36-49)50-30-26-43-19-11-14-22-46(43)37-50)53-54(59-34-33-58-53)56(52)61(48-28-24-41(17-6-2)40(7-3)35-48)51-31-27-44-20-12-15-23-47(44)38-51/h6-7,9-14,16-22,24-38H,3,5,8,15,23H2,1-2,4H3/b16-9-,17-6-,57-32-. The number of nitrogens with zero attached hydrogens (tertiary/aromatic N) is 5. The maximum Gasteiger partial charge on any atom is 0.117 e. The minimum Gasteiger partial charge on any atom is -0.308 e. The Morgan fingerprint density at radius 3 is 1.97 bits per heavy atom. The van der Waals surface area contributed by atoms with E-state index in [0.29, 0.717) is 0 Å². The minimum atomic E-state index is 0.745. The number of aromatic nitrogens is 2. The first-order valence-corrected chi connectivity index (χ1v) is 21.3. The van der Waals surface area contributed by atoms with Gasteiger partial charge < -0.3 is 9.80 Å². The second kappa shape index (κ2) is 17.5. The van der Waals surface area contributed by atoms with Gasteiger partial charge in [0.2, 0.25) is 0 Å². The van der Waals surface area contributed by atoms with E-state index in [2.05, 4.69) is 188 Å². The molecule has 0 atom stereocenters. The van der Waals surface area contributed by atoms with Crippen LogP contribution in [0.25, 0.3) is 50.8 Å². The van der Waals surface area contributed by atoms with Gasteiger partial charge in [0, 0.05) is 46.9 Å². The molecule has 0 N–H and O–H groups in total. The summed E-state index contributed by atoms with van der Waals surface area (Å²) in [6.07, 6.45) is 24.4. The molecular formula is C56H49N5. The Hall–Kier alpha value is -7.37. The maximum absolute atomic E-state index is 5.42. The Kier molecular flexibility index (Phi) is 11.2. The molecule has 1 aliphatic carbocycles. The molecule has 0 unspecified atom stereocenters. The van der Waals surface area contributed by atoms with Gasteiger partial charge in [-0.15, -0.1) is 0 Å². The Morgan fingerprint density at radius 1 is 0.689 bits per heavy atom. The fraction of sp³-hybridized carbons (Fsp3) is 0.125. The van der Waals surface area contributed by atoms with E-state index >= 15 is 0 Å². The Labute approximate surface area is 359 Å². The fourth-order valence-electron chi connectivity index (χ4n) is 8.56. The van der Waals surface area contributed by atoms with Gasteiger partial charge in [0.1, 0.15) is 16.7 Å². The van der Waals surface area contributed by atoms with Crippen LogP contribution in [0.5, 0.6) is 0 Å². The van der Waals surface area contributed by atoms with Crippen molar-refractivity contribution in [2.45, 2.75) is 46.5 Å². The van der Waals surface area contributed by atoms with Gasteiger partial charge in [0.25, 0.3) is 0 Å². The van der Waals surface area contributed by atoms with Gasteiger partial charge >= 0.3 is 0 Å². The highest BCUT2D eigenvalue weighted by atomic mass is 15.2. The predicted molar refractivity (Wildman–Crippen MR) is 263 cm³/mol. The van der Waals surface area contributed by atoms with Crippen molar-refractivity contribution in [2.75, 3.05) is 9.80 Å². The van der Waals surface area contributed by atoms with Gasteiger partial charge in [-0.25, -0.2) is 0 Å². The van der Waals surface area contributed by atoms with Crippen molar-refractivity contribution < 1.29 is 0 Å². The lowest BCUT2D eigenvalue weighted by Gasteiger charge is -2.33. The molecule has 5 nitrogen and oxygen atoms in total. The number of aryl methyl sites for hydroxylation is 1. The highest BCUT2D eigenvalue weighted by Gasteiger charge is 2.29. The summed E-state index contributed by atoms with van der Waals surface area (Å²) < 4.78 is 0. The number of rotatable bonds is 12. The Morgan fingerprint density at radius 2 is 1.30 bits per heavy atom. The highest BCUT2D eigenvalue weighted by Crippen LogP contribution is 2.52. The molecule has 5 heteroatoms. The molecule has 9 rings (SSSR count). The average Bonchev–Trinajstić information content (AvgIpc) is 3.31. The molecule has 298 valence electrons. The van der Waals surface area contributed by atoms with Crippen molar-refractivity contribution in [3.05, 3.63) is 192 Å². The predicted octanol–water partition coefficient (Wildman–Crippen LogP) is 15.9. The van der Waals surface area contributed by atoms with E-state index < -0.39 is 0 Å². The topological polar surface area (TPSA) is 44.6 Å². The lowest BCUT2D eigenvalue weighted by atomic mass is 9.95. The van der Waals surface area contributed by atoms with Crippen LogP contribution in [0.4, 0.5) is 39.8 Å². The average molecular weight is 792 g/mol. The number of hydrogen-bond donors (Lipinski definition) is 0. The SMILES string of the molecule is C=Cc1cc(N(c2ccc3c(c2)CCC=C3)c2c(/N=C\C=C/CCC)c(C)c(N(c3ccc4ccccc4c3)c3ccc4ccccc4c3)c3nccnc23)ccc1/C=C\C. The third kappa shape index (κ3) is 7.67. The van der Waals surface area contributed by atoms with Crippen LogP contribution in [0.15, 0.2) is 170 Å². The zero-order valence-corrected chi connectivity index (χ0v) is 35.1. The first-order chi connectivity index (χ1) is 30.1. The normalized spacial score (nSPS) is 12.6. The number of allylic oxidation sites excluding steroid dienone is 4. The van der Waals surface area contributed by atoms with E-state index in [-0.39, 0.29) is 0 Å². The molecule has 0 aliphatic heterocycles. The van der Waals surface area contributed by atoms with Gasteiger partial charge in [-0.1, -0.05) is 129 Å². The summed E-state index contributed by atoms with van der Waals surface area (Å²) in [6.45, 7) is 10.7. The molecule has 0 spiro atoms. The van der Waals surface area contributed by atoms with E-state index in [1.807, 2.05) is 25.4 Å². The molecule has 8 aromatic rings. The van der Waals surface area contributed by atoms with Crippen molar-refractivity contribution >= 4 is 96.8 Å². The van der Waals surface area contributed by atoms with E-state index in [1.165, 1.54) is 21.9 Å². The number of aliphatic imine (C=N–C) groups is 1. The smallest absolute Gasteiger partial charge is 0.117 e. The first-order valence-electron chi connectivity index (χ1n) is 21.3. The van der Waals surface area contributed by atoms with Crippen LogP contribution in [0, 0.1) is 6.92 Å². The summed E-state index contributed by atoms with van der Waals surface area (Å²) in [5.74, 6) is 0. The second-order valence-corrected chi connectivity index (χ2v) is 15.5.